The van der Waals surface area contributed by atoms with Crippen molar-refractivity contribution in [2.75, 3.05) is 5.32 Å². The van der Waals surface area contributed by atoms with Gasteiger partial charge >= 0.3 is 6.03 Å². The molecule has 1 aliphatic rings. The zero-order valence-electron chi connectivity index (χ0n) is 14.2. The molecule has 138 valence electrons. The Morgan fingerprint density at radius 3 is 2.59 bits per heavy atom. The predicted molar refractivity (Wildman–Crippen MR) is 105 cm³/mol. The second-order valence-corrected chi connectivity index (χ2v) is 6.86. The number of halogens is 2. The minimum atomic E-state index is -1.19. The van der Waals surface area contributed by atoms with Crippen molar-refractivity contribution < 1.29 is 14.4 Å². The molecule has 0 aliphatic carbocycles. The van der Waals surface area contributed by atoms with E-state index in [4.69, 9.17) is 23.2 Å². The van der Waals surface area contributed by atoms with E-state index in [-0.39, 0.29) is 5.91 Å². The summed E-state index contributed by atoms with van der Waals surface area (Å²) in [5.74, 6) is -0.834. The smallest absolute Gasteiger partial charge is 0.322 e. The largest absolute Gasteiger partial charge is 0.323 e. The van der Waals surface area contributed by atoms with Crippen LogP contribution < -0.4 is 16.0 Å². The maximum absolute atomic E-state index is 12.2. The summed E-state index contributed by atoms with van der Waals surface area (Å²) in [5.41, 5.74) is 0.452. The van der Waals surface area contributed by atoms with E-state index in [1.165, 1.54) is 6.08 Å². The Balaban J connectivity index is 1.76. The molecule has 1 unspecified atom stereocenters. The van der Waals surface area contributed by atoms with Gasteiger partial charge in [-0.2, -0.15) is 0 Å². The Morgan fingerprint density at radius 2 is 1.89 bits per heavy atom. The third-order valence-electron chi connectivity index (χ3n) is 4.15. The first-order valence-corrected chi connectivity index (χ1v) is 8.72. The van der Waals surface area contributed by atoms with Crippen molar-refractivity contribution >= 4 is 52.8 Å². The average molecular weight is 404 g/mol. The van der Waals surface area contributed by atoms with E-state index in [1.54, 1.807) is 55.5 Å². The van der Waals surface area contributed by atoms with Gasteiger partial charge in [0.2, 0.25) is 5.91 Å². The molecule has 0 bridgehead atoms. The maximum atomic E-state index is 12.2. The van der Waals surface area contributed by atoms with Crippen molar-refractivity contribution in [3.63, 3.8) is 0 Å². The Morgan fingerprint density at radius 1 is 1.15 bits per heavy atom. The number of hydrogen-bond acceptors (Lipinski definition) is 3. The van der Waals surface area contributed by atoms with Crippen LogP contribution in [0.3, 0.4) is 0 Å². The monoisotopic (exact) mass is 403 g/mol. The molecule has 2 aromatic rings. The Bertz CT molecular complexity index is 974. The van der Waals surface area contributed by atoms with Gasteiger partial charge in [0.1, 0.15) is 5.54 Å². The number of amides is 4. The summed E-state index contributed by atoms with van der Waals surface area (Å²) < 4.78 is 0. The Kier molecular flexibility index (Phi) is 5.21. The van der Waals surface area contributed by atoms with Crippen molar-refractivity contribution in [2.24, 2.45) is 0 Å². The van der Waals surface area contributed by atoms with Gasteiger partial charge in [0.15, 0.2) is 0 Å². The molecule has 0 saturated carbocycles. The van der Waals surface area contributed by atoms with Gasteiger partial charge < -0.3 is 10.6 Å². The van der Waals surface area contributed by atoms with Crippen LogP contribution in [0.15, 0.2) is 48.5 Å². The van der Waals surface area contributed by atoms with Crippen molar-refractivity contribution in [1.29, 1.82) is 0 Å². The number of benzene rings is 2. The van der Waals surface area contributed by atoms with E-state index in [0.29, 0.717) is 26.9 Å². The first kappa shape index (κ1) is 18.9. The third kappa shape index (κ3) is 3.97. The molecule has 8 heteroatoms. The predicted octanol–water partition coefficient (Wildman–Crippen LogP) is 3.70. The lowest BCUT2D eigenvalue weighted by Gasteiger charge is -2.21. The Hall–Kier alpha value is -2.83. The summed E-state index contributed by atoms with van der Waals surface area (Å²) in [5, 5.41) is 8.25. The van der Waals surface area contributed by atoms with Gasteiger partial charge in [-0.05, 0) is 42.3 Å². The fraction of sp³-hybridized carbons (Fsp3) is 0.105. The van der Waals surface area contributed by atoms with E-state index < -0.39 is 17.5 Å². The third-order valence-corrected chi connectivity index (χ3v) is 4.98. The van der Waals surface area contributed by atoms with Gasteiger partial charge in [-0.15, -0.1) is 0 Å². The first-order chi connectivity index (χ1) is 12.8. The van der Waals surface area contributed by atoms with Crippen molar-refractivity contribution in [3.8, 4) is 0 Å². The van der Waals surface area contributed by atoms with E-state index in [0.717, 1.165) is 0 Å². The van der Waals surface area contributed by atoms with Crippen LogP contribution in [-0.4, -0.2) is 17.8 Å². The average Bonchev–Trinajstić information content (AvgIpc) is 2.89. The number of urea groups is 1. The Labute approximate surface area is 165 Å². The molecule has 0 radical (unpaired) electrons. The zero-order chi connectivity index (χ0) is 19.6. The molecule has 0 aromatic heterocycles. The highest BCUT2D eigenvalue weighted by Crippen LogP contribution is 2.27. The summed E-state index contributed by atoms with van der Waals surface area (Å²) in [6, 6.07) is 11.3. The van der Waals surface area contributed by atoms with E-state index in [2.05, 4.69) is 16.0 Å². The van der Waals surface area contributed by atoms with Gasteiger partial charge in [-0.3, -0.25) is 14.9 Å². The zero-order valence-corrected chi connectivity index (χ0v) is 15.7. The minimum Gasteiger partial charge on any atom is -0.323 e. The normalized spacial score (nSPS) is 19.1. The SMILES string of the molecule is CC1(c2cccc(NC(=O)/C=C/c3cccc(Cl)c3Cl)c2)NC(=O)NC1=O. The van der Waals surface area contributed by atoms with Crippen molar-refractivity contribution in [3.05, 3.63) is 69.7 Å². The molecule has 3 rings (SSSR count). The molecule has 6 nitrogen and oxygen atoms in total. The van der Waals surface area contributed by atoms with Crippen LogP contribution in [0.25, 0.3) is 6.08 Å². The molecule has 1 heterocycles. The maximum Gasteiger partial charge on any atom is 0.322 e. The number of hydrogen-bond donors (Lipinski definition) is 3. The fourth-order valence-electron chi connectivity index (χ4n) is 2.65. The van der Waals surface area contributed by atoms with Gasteiger partial charge in [0.05, 0.1) is 10.0 Å². The minimum absolute atomic E-state index is 0.362. The highest BCUT2D eigenvalue weighted by atomic mass is 35.5. The van der Waals surface area contributed by atoms with Crippen LogP contribution in [0.4, 0.5) is 10.5 Å². The first-order valence-electron chi connectivity index (χ1n) is 7.97. The van der Waals surface area contributed by atoms with Gasteiger partial charge in [-0.1, -0.05) is 47.5 Å². The molecular weight excluding hydrogens is 389 g/mol. The number of carbonyl (C=O) groups excluding carboxylic acids is 3. The molecule has 4 amide bonds. The number of nitrogens with one attached hydrogen (secondary N) is 3. The molecule has 1 saturated heterocycles. The van der Waals surface area contributed by atoms with E-state index >= 15 is 0 Å². The standard InChI is InChI=1S/C19H15Cl2N3O3/c1-19(17(26)23-18(27)24-19)12-5-3-6-13(10-12)22-15(25)9-8-11-4-2-7-14(20)16(11)21/h2-10H,1H3,(H,22,25)(H2,23,24,26,27)/b9-8+. The second kappa shape index (κ2) is 7.42. The van der Waals surface area contributed by atoms with Gasteiger partial charge in [0.25, 0.3) is 5.91 Å². The molecule has 1 aliphatic heterocycles. The highest BCUT2D eigenvalue weighted by molar-refractivity contribution is 6.42. The lowest BCUT2D eigenvalue weighted by Crippen LogP contribution is -2.40. The summed E-state index contributed by atoms with van der Waals surface area (Å²) in [6.45, 7) is 1.59. The topological polar surface area (TPSA) is 87.3 Å². The van der Waals surface area contributed by atoms with E-state index in [1.807, 2.05) is 0 Å². The van der Waals surface area contributed by atoms with Crippen molar-refractivity contribution in [1.82, 2.24) is 10.6 Å². The second-order valence-electron chi connectivity index (χ2n) is 6.08. The number of carbonyl (C=O) groups is 3. The van der Waals surface area contributed by atoms with Gasteiger partial charge in [-0.25, -0.2) is 4.79 Å². The molecule has 2 aromatic carbocycles. The molecule has 27 heavy (non-hydrogen) atoms. The van der Waals surface area contributed by atoms with Crippen LogP contribution in [0.2, 0.25) is 10.0 Å². The van der Waals surface area contributed by atoms with Crippen LogP contribution >= 0.6 is 23.2 Å². The van der Waals surface area contributed by atoms with Gasteiger partial charge in [0, 0.05) is 11.8 Å². The molecule has 1 fully saturated rings. The number of rotatable bonds is 4. The highest BCUT2D eigenvalue weighted by Gasteiger charge is 2.43. The fourth-order valence-corrected chi connectivity index (χ4v) is 3.02. The lowest BCUT2D eigenvalue weighted by atomic mass is 9.92. The summed E-state index contributed by atoms with van der Waals surface area (Å²) in [7, 11) is 0. The van der Waals surface area contributed by atoms with Crippen LogP contribution in [-0.2, 0) is 15.1 Å². The quantitative estimate of drug-likeness (QED) is 0.537. The number of anilines is 1. The van der Waals surface area contributed by atoms with Crippen LogP contribution in [0.5, 0.6) is 0 Å². The van der Waals surface area contributed by atoms with E-state index in [9.17, 15) is 14.4 Å². The molecule has 3 N–H and O–H groups in total. The van der Waals surface area contributed by atoms with Crippen LogP contribution in [0.1, 0.15) is 18.1 Å². The lowest BCUT2D eigenvalue weighted by molar-refractivity contribution is -0.123. The van der Waals surface area contributed by atoms with Crippen LogP contribution in [0, 0.1) is 0 Å². The summed E-state index contributed by atoms with van der Waals surface area (Å²) in [6.07, 6.45) is 2.88. The number of imide groups is 1. The van der Waals surface area contributed by atoms with Crippen molar-refractivity contribution in [2.45, 2.75) is 12.5 Å². The molecule has 1 atom stereocenters. The molecular formula is C19H15Cl2N3O3. The molecule has 0 spiro atoms. The summed E-state index contributed by atoms with van der Waals surface area (Å²) in [4.78, 5) is 35.7. The summed E-state index contributed by atoms with van der Waals surface area (Å²) >= 11 is 12.0.